The molecule has 110 valence electrons. The number of carbonyl (C=O) groups excluding carboxylic acids is 1. The molecule has 0 aliphatic heterocycles. The van der Waals surface area contributed by atoms with E-state index in [1.807, 2.05) is 0 Å². The van der Waals surface area contributed by atoms with Gasteiger partial charge in [0.1, 0.15) is 5.82 Å². The highest BCUT2D eigenvalue weighted by atomic mass is 16.6. The van der Waals surface area contributed by atoms with E-state index in [4.69, 9.17) is 5.73 Å². The summed E-state index contributed by atoms with van der Waals surface area (Å²) in [6.07, 6.45) is 1.51. The number of amides is 1. The number of carbonyl (C=O) groups is 1. The number of hydrogen-bond donors (Lipinski definition) is 2. The average Bonchev–Trinajstić information content (AvgIpc) is 2.77. The van der Waals surface area contributed by atoms with Gasteiger partial charge in [0.05, 0.1) is 17.5 Å². The maximum Gasteiger partial charge on any atom is 0.273 e. The molecule has 0 bridgehead atoms. The molecule has 1 amide bonds. The van der Waals surface area contributed by atoms with Gasteiger partial charge >= 0.3 is 0 Å². The number of nitrogen functional groups attached to an aromatic ring is 1. The summed E-state index contributed by atoms with van der Waals surface area (Å²) in [5.74, 6) is 0.161. The Kier molecular flexibility index (Phi) is 4.17. The predicted molar refractivity (Wildman–Crippen MR) is 76.3 cm³/mol. The zero-order valence-electron chi connectivity index (χ0n) is 11.4. The largest absolute Gasteiger partial charge is 0.384 e. The molecule has 0 saturated heterocycles. The van der Waals surface area contributed by atoms with Gasteiger partial charge in [-0.25, -0.2) is 0 Å². The number of para-hydroxylation sites is 1. The van der Waals surface area contributed by atoms with Crippen LogP contribution >= 0.6 is 0 Å². The lowest BCUT2D eigenvalue weighted by atomic mass is 10.1. The molecule has 3 N–H and O–H groups in total. The summed E-state index contributed by atoms with van der Waals surface area (Å²) in [7, 11) is 1.70. The van der Waals surface area contributed by atoms with Crippen LogP contribution in [0.25, 0.3) is 0 Å². The summed E-state index contributed by atoms with van der Waals surface area (Å²) in [6.45, 7) is 0.235. The molecule has 0 spiro atoms. The molecule has 8 nitrogen and oxygen atoms in total. The van der Waals surface area contributed by atoms with Crippen LogP contribution < -0.4 is 11.1 Å². The van der Waals surface area contributed by atoms with Gasteiger partial charge in [0.2, 0.25) is 5.91 Å². The number of rotatable bonds is 5. The Bertz CT molecular complexity index is 680. The van der Waals surface area contributed by atoms with Crippen LogP contribution in [-0.4, -0.2) is 20.6 Å². The Labute approximate surface area is 120 Å². The Morgan fingerprint density at radius 3 is 2.76 bits per heavy atom. The summed E-state index contributed by atoms with van der Waals surface area (Å²) in [5.41, 5.74) is 6.78. The fourth-order valence-corrected chi connectivity index (χ4v) is 1.90. The number of benzene rings is 1. The van der Waals surface area contributed by atoms with Crippen LogP contribution in [-0.2, 0) is 24.8 Å². The van der Waals surface area contributed by atoms with E-state index in [-0.39, 0.29) is 24.6 Å². The molecule has 2 aromatic rings. The van der Waals surface area contributed by atoms with Crippen molar-refractivity contribution in [3.63, 3.8) is 0 Å². The number of nitrogens with zero attached hydrogens (tertiary/aromatic N) is 3. The van der Waals surface area contributed by atoms with Gasteiger partial charge in [0.25, 0.3) is 5.69 Å². The summed E-state index contributed by atoms with van der Waals surface area (Å²) < 4.78 is 1.50. The van der Waals surface area contributed by atoms with Crippen LogP contribution in [0.2, 0.25) is 0 Å². The maximum atomic E-state index is 11.9. The molecule has 2 rings (SSSR count). The van der Waals surface area contributed by atoms with Crippen LogP contribution in [0.4, 0.5) is 11.5 Å². The normalized spacial score (nSPS) is 10.3. The first kappa shape index (κ1) is 14.5. The van der Waals surface area contributed by atoms with E-state index in [1.54, 1.807) is 31.4 Å². The zero-order chi connectivity index (χ0) is 15.4. The van der Waals surface area contributed by atoms with Crippen molar-refractivity contribution in [1.29, 1.82) is 0 Å². The molecule has 0 aliphatic rings. The lowest BCUT2D eigenvalue weighted by molar-refractivity contribution is -0.385. The van der Waals surface area contributed by atoms with Gasteiger partial charge < -0.3 is 11.1 Å². The molecule has 0 saturated carbocycles. The number of hydrogen-bond acceptors (Lipinski definition) is 5. The van der Waals surface area contributed by atoms with E-state index in [0.717, 1.165) is 0 Å². The lowest BCUT2D eigenvalue weighted by Gasteiger charge is -2.05. The standard InChI is InChI=1S/C13H15N5O3/c1-17-13(14)10(8-16-17)7-15-12(19)6-9-4-2-3-5-11(9)18(20)21/h2-5,8H,6-7,14H2,1H3,(H,15,19). The van der Waals surface area contributed by atoms with Gasteiger partial charge in [-0.15, -0.1) is 0 Å². The Morgan fingerprint density at radius 2 is 2.14 bits per heavy atom. The minimum atomic E-state index is -0.498. The van der Waals surface area contributed by atoms with E-state index in [2.05, 4.69) is 10.4 Å². The van der Waals surface area contributed by atoms with E-state index in [9.17, 15) is 14.9 Å². The third-order valence-electron chi connectivity index (χ3n) is 3.08. The molecule has 0 fully saturated rings. The Balaban J connectivity index is 1.99. The third kappa shape index (κ3) is 3.35. The molecule has 0 radical (unpaired) electrons. The Morgan fingerprint density at radius 1 is 1.43 bits per heavy atom. The molecule has 0 aliphatic carbocycles. The van der Waals surface area contributed by atoms with Crippen molar-refractivity contribution in [3.05, 3.63) is 51.7 Å². The van der Waals surface area contributed by atoms with Crippen molar-refractivity contribution in [2.45, 2.75) is 13.0 Å². The summed E-state index contributed by atoms with van der Waals surface area (Å²) in [4.78, 5) is 22.3. The van der Waals surface area contributed by atoms with Gasteiger partial charge in [-0.05, 0) is 0 Å². The highest BCUT2D eigenvalue weighted by Gasteiger charge is 2.15. The molecule has 0 unspecified atom stereocenters. The number of aromatic nitrogens is 2. The van der Waals surface area contributed by atoms with E-state index < -0.39 is 4.92 Å². The molecule has 1 aromatic heterocycles. The second-order valence-corrected chi connectivity index (χ2v) is 4.52. The van der Waals surface area contributed by atoms with Crippen molar-refractivity contribution in [1.82, 2.24) is 15.1 Å². The van der Waals surface area contributed by atoms with Gasteiger partial charge in [0, 0.05) is 30.8 Å². The van der Waals surface area contributed by atoms with E-state index in [0.29, 0.717) is 16.9 Å². The van der Waals surface area contributed by atoms with Crippen LogP contribution in [0.3, 0.4) is 0 Å². The van der Waals surface area contributed by atoms with Crippen LogP contribution in [0.5, 0.6) is 0 Å². The Hall–Kier alpha value is -2.90. The first-order valence-electron chi connectivity index (χ1n) is 6.24. The van der Waals surface area contributed by atoms with Gasteiger partial charge in [-0.3, -0.25) is 19.6 Å². The maximum absolute atomic E-state index is 11.9. The number of nitrogens with one attached hydrogen (secondary N) is 1. The van der Waals surface area contributed by atoms with Crippen LogP contribution in [0.1, 0.15) is 11.1 Å². The molecular weight excluding hydrogens is 274 g/mol. The minimum absolute atomic E-state index is 0.0582. The monoisotopic (exact) mass is 289 g/mol. The first-order valence-corrected chi connectivity index (χ1v) is 6.24. The van der Waals surface area contributed by atoms with Crippen molar-refractivity contribution < 1.29 is 9.72 Å². The molecule has 8 heteroatoms. The van der Waals surface area contributed by atoms with Gasteiger partial charge in [-0.2, -0.15) is 5.10 Å². The lowest BCUT2D eigenvalue weighted by Crippen LogP contribution is -2.25. The summed E-state index contributed by atoms with van der Waals surface area (Å²) >= 11 is 0. The van der Waals surface area contributed by atoms with Gasteiger partial charge in [0.15, 0.2) is 0 Å². The molecule has 1 aromatic carbocycles. The fourth-order valence-electron chi connectivity index (χ4n) is 1.90. The molecule has 21 heavy (non-hydrogen) atoms. The average molecular weight is 289 g/mol. The van der Waals surface area contributed by atoms with Gasteiger partial charge in [-0.1, -0.05) is 18.2 Å². The first-order chi connectivity index (χ1) is 9.99. The topological polar surface area (TPSA) is 116 Å². The SMILES string of the molecule is Cn1ncc(CNC(=O)Cc2ccccc2[N+](=O)[O-])c1N. The quantitative estimate of drug-likeness (QED) is 0.623. The molecule has 1 heterocycles. The molecular formula is C13H15N5O3. The number of nitrogens with two attached hydrogens (primary N) is 1. The van der Waals surface area contributed by atoms with Crippen molar-refractivity contribution >= 4 is 17.4 Å². The minimum Gasteiger partial charge on any atom is -0.384 e. The summed E-state index contributed by atoms with van der Waals surface area (Å²) in [5, 5.41) is 17.5. The highest BCUT2D eigenvalue weighted by molar-refractivity contribution is 5.79. The molecule has 0 atom stereocenters. The summed E-state index contributed by atoms with van der Waals surface area (Å²) in [6, 6.07) is 6.17. The fraction of sp³-hybridized carbons (Fsp3) is 0.231. The van der Waals surface area contributed by atoms with Crippen molar-refractivity contribution in [2.24, 2.45) is 7.05 Å². The van der Waals surface area contributed by atoms with Crippen LogP contribution in [0, 0.1) is 10.1 Å². The predicted octanol–water partition coefficient (Wildman–Crippen LogP) is 0.769. The van der Waals surface area contributed by atoms with Crippen molar-refractivity contribution in [2.75, 3.05) is 5.73 Å². The number of nitro benzene ring substituents is 1. The second-order valence-electron chi connectivity index (χ2n) is 4.52. The number of aryl methyl sites for hydroxylation is 1. The number of nitro groups is 1. The van der Waals surface area contributed by atoms with Crippen LogP contribution in [0.15, 0.2) is 30.5 Å². The third-order valence-corrected chi connectivity index (χ3v) is 3.08. The highest BCUT2D eigenvalue weighted by Crippen LogP contribution is 2.18. The van der Waals surface area contributed by atoms with E-state index >= 15 is 0 Å². The van der Waals surface area contributed by atoms with E-state index in [1.165, 1.54) is 10.7 Å². The zero-order valence-corrected chi connectivity index (χ0v) is 11.4. The van der Waals surface area contributed by atoms with Crippen molar-refractivity contribution in [3.8, 4) is 0 Å². The smallest absolute Gasteiger partial charge is 0.273 e. The second kappa shape index (κ2) is 6.04. The number of anilines is 1.